The van der Waals surface area contributed by atoms with Crippen LogP contribution in [0.3, 0.4) is 0 Å². The number of sulfonamides is 1. The van der Waals surface area contributed by atoms with E-state index in [4.69, 9.17) is 0 Å². The van der Waals surface area contributed by atoms with Gasteiger partial charge in [-0.25, -0.2) is 18.1 Å². The van der Waals surface area contributed by atoms with Gasteiger partial charge in [0.15, 0.2) is 0 Å². The molecule has 8 heteroatoms. The smallest absolute Gasteiger partial charge is 0.285 e. The van der Waals surface area contributed by atoms with Crippen molar-refractivity contribution in [3.63, 3.8) is 0 Å². The number of nitrogens with zero attached hydrogens (tertiary/aromatic N) is 2. The molecule has 28 heavy (non-hydrogen) atoms. The summed E-state index contributed by atoms with van der Waals surface area (Å²) < 4.78 is 29.2. The zero-order valence-electron chi connectivity index (χ0n) is 15.7. The molecule has 0 spiro atoms. The van der Waals surface area contributed by atoms with Crippen LogP contribution in [-0.2, 0) is 17.1 Å². The van der Waals surface area contributed by atoms with Gasteiger partial charge in [-0.1, -0.05) is 44.2 Å². The number of aryl methyl sites for hydroxylation is 1. The van der Waals surface area contributed by atoms with Gasteiger partial charge in [-0.05, 0) is 45.6 Å². The summed E-state index contributed by atoms with van der Waals surface area (Å²) in [4.78, 5) is 16.9. The van der Waals surface area contributed by atoms with Gasteiger partial charge in [0.1, 0.15) is 16.4 Å². The molecule has 1 heterocycles. The minimum absolute atomic E-state index is 0.0101. The van der Waals surface area contributed by atoms with E-state index >= 15 is 0 Å². The van der Waals surface area contributed by atoms with Crippen molar-refractivity contribution < 1.29 is 13.2 Å². The van der Waals surface area contributed by atoms with Crippen LogP contribution in [0, 0.1) is 0 Å². The highest BCUT2D eigenvalue weighted by Crippen LogP contribution is 2.24. The first-order chi connectivity index (χ1) is 13.2. The third-order valence-electron chi connectivity index (χ3n) is 4.27. The lowest BCUT2D eigenvalue weighted by molar-refractivity contribution is 0.0977. The van der Waals surface area contributed by atoms with Crippen LogP contribution in [0.15, 0.2) is 64.1 Å². The highest BCUT2D eigenvalue weighted by Gasteiger charge is 2.23. The minimum Gasteiger partial charge on any atom is -0.333 e. The number of aromatic nitrogens is 2. The third kappa shape index (κ3) is 4.18. The summed E-state index contributed by atoms with van der Waals surface area (Å²) in [7, 11) is -2.25. The van der Waals surface area contributed by atoms with Gasteiger partial charge in [0.2, 0.25) is 0 Å². The van der Waals surface area contributed by atoms with Gasteiger partial charge in [-0.15, -0.1) is 0 Å². The summed E-state index contributed by atoms with van der Waals surface area (Å²) in [6.07, 6.45) is 1.52. The predicted octanol–water partition coefficient (Wildman–Crippen LogP) is 4.09. The number of halogens is 1. The molecule has 1 amide bonds. The van der Waals surface area contributed by atoms with Gasteiger partial charge in [-0.2, -0.15) is 0 Å². The molecule has 0 aliphatic rings. The number of imidazole rings is 1. The van der Waals surface area contributed by atoms with Gasteiger partial charge in [0.25, 0.3) is 15.9 Å². The monoisotopic (exact) mass is 461 g/mol. The van der Waals surface area contributed by atoms with Crippen molar-refractivity contribution in [2.24, 2.45) is 7.05 Å². The fourth-order valence-corrected chi connectivity index (χ4v) is 4.74. The number of carbonyl (C=O) groups is 1. The second kappa shape index (κ2) is 7.89. The molecular formula is C20H20BrN3O3S. The molecule has 1 N–H and O–H groups in total. The Hall–Kier alpha value is -2.45. The number of carbonyl (C=O) groups excluding carboxylic acids is 1. The Labute approximate surface area is 172 Å². The van der Waals surface area contributed by atoms with E-state index in [9.17, 15) is 13.2 Å². The summed E-state index contributed by atoms with van der Waals surface area (Å²) >= 11 is 3.19. The molecule has 0 saturated carbocycles. The Morgan fingerprint density at radius 1 is 1.14 bits per heavy atom. The van der Waals surface area contributed by atoms with Crippen LogP contribution in [-0.4, -0.2) is 23.9 Å². The number of hydrogen-bond donors (Lipinski definition) is 1. The molecule has 0 aliphatic carbocycles. The molecule has 0 unspecified atom stereocenters. The second-order valence-corrected chi connectivity index (χ2v) is 9.21. The average molecular weight is 462 g/mol. The Morgan fingerprint density at radius 3 is 2.54 bits per heavy atom. The number of rotatable bonds is 5. The molecular weight excluding hydrogens is 442 g/mol. The topological polar surface area (TPSA) is 81.1 Å². The van der Waals surface area contributed by atoms with Gasteiger partial charge in [0.05, 0.1) is 0 Å². The zero-order valence-corrected chi connectivity index (χ0v) is 18.1. The lowest BCUT2D eigenvalue weighted by atomic mass is 10.0. The molecule has 0 aliphatic heterocycles. The van der Waals surface area contributed by atoms with Crippen LogP contribution in [0.2, 0.25) is 0 Å². The van der Waals surface area contributed by atoms with E-state index in [2.05, 4.69) is 39.5 Å². The summed E-state index contributed by atoms with van der Waals surface area (Å²) in [5.41, 5.74) is 2.05. The average Bonchev–Trinajstić information content (AvgIpc) is 3.03. The predicted molar refractivity (Wildman–Crippen MR) is 112 cm³/mol. The normalized spacial score (nSPS) is 11.6. The molecule has 146 valence electrons. The van der Waals surface area contributed by atoms with Crippen LogP contribution >= 0.6 is 15.9 Å². The number of benzene rings is 2. The highest BCUT2D eigenvalue weighted by molar-refractivity contribution is 9.10. The van der Waals surface area contributed by atoms with Crippen LogP contribution in [0.4, 0.5) is 0 Å². The first-order valence-electron chi connectivity index (χ1n) is 8.64. The van der Waals surface area contributed by atoms with E-state index in [1.807, 2.05) is 24.3 Å². The first kappa shape index (κ1) is 20.3. The van der Waals surface area contributed by atoms with Crippen molar-refractivity contribution in [3.8, 4) is 11.4 Å². The molecule has 0 atom stereocenters. The second-order valence-electron chi connectivity index (χ2n) is 6.71. The van der Waals surface area contributed by atoms with E-state index in [-0.39, 0.29) is 10.6 Å². The van der Waals surface area contributed by atoms with Crippen LogP contribution in [0.25, 0.3) is 11.4 Å². The van der Waals surface area contributed by atoms with Crippen LogP contribution in [0.5, 0.6) is 0 Å². The lowest BCUT2D eigenvalue weighted by Gasteiger charge is -2.08. The number of hydrogen-bond acceptors (Lipinski definition) is 4. The third-order valence-corrected chi connectivity index (χ3v) is 6.62. The number of nitrogens with one attached hydrogen (secondary N) is 1. The van der Waals surface area contributed by atoms with E-state index in [0.29, 0.717) is 16.2 Å². The molecule has 0 radical (unpaired) electrons. The van der Waals surface area contributed by atoms with Crippen molar-refractivity contribution in [2.45, 2.75) is 24.7 Å². The highest BCUT2D eigenvalue weighted by atomic mass is 79.9. The van der Waals surface area contributed by atoms with Crippen molar-refractivity contribution >= 4 is 31.9 Å². The molecule has 3 aromatic rings. The SMILES string of the molecule is CC(C)c1cccc(-c2nc(C(=O)NS(=O)(=O)c3ccccc3Br)cn2C)c1. The van der Waals surface area contributed by atoms with Gasteiger partial charge >= 0.3 is 0 Å². The summed E-state index contributed by atoms with van der Waals surface area (Å²) in [6, 6.07) is 14.2. The van der Waals surface area contributed by atoms with Crippen molar-refractivity contribution in [2.75, 3.05) is 0 Å². The largest absolute Gasteiger partial charge is 0.333 e. The minimum atomic E-state index is -4.02. The maximum absolute atomic E-state index is 12.5. The molecule has 0 fully saturated rings. The molecule has 1 aromatic heterocycles. The molecule has 0 bridgehead atoms. The Bertz CT molecular complexity index is 1140. The maximum atomic E-state index is 12.5. The Morgan fingerprint density at radius 2 is 1.86 bits per heavy atom. The maximum Gasteiger partial charge on any atom is 0.285 e. The summed E-state index contributed by atoms with van der Waals surface area (Å²) in [5, 5.41) is 0. The van der Waals surface area contributed by atoms with Crippen molar-refractivity contribution in [1.82, 2.24) is 14.3 Å². The fraction of sp³-hybridized carbons (Fsp3) is 0.200. The van der Waals surface area contributed by atoms with Gasteiger partial charge in [-0.3, -0.25) is 4.79 Å². The van der Waals surface area contributed by atoms with E-state index < -0.39 is 15.9 Å². The molecule has 3 rings (SSSR count). The Balaban J connectivity index is 1.90. The van der Waals surface area contributed by atoms with E-state index in [1.54, 1.807) is 29.8 Å². The summed E-state index contributed by atoms with van der Waals surface area (Å²) in [5.74, 6) is 0.168. The van der Waals surface area contributed by atoms with Crippen molar-refractivity contribution in [1.29, 1.82) is 0 Å². The fourth-order valence-electron chi connectivity index (χ4n) is 2.77. The lowest BCUT2D eigenvalue weighted by Crippen LogP contribution is -2.31. The van der Waals surface area contributed by atoms with Crippen LogP contribution < -0.4 is 4.72 Å². The summed E-state index contributed by atoms with van der Waals surface area (Å²) in [6.45, 7) is 4.20. The molecule has 6 nitrogen and oxygen atoms in total. The molecule has 0 saturated heterocycles. The van der Waals surface area contributed by atoms with E-state index in [1.165, 1.54) is 12.3 Å². The molecule has 2 aromatic carbocycles. The first-order valence-corrected chi connectivity index (χ1v) is 10.9. The quantitative estimate of drug-likeness (QED) is 0.620. The van der Waals surface area contributed by atoms with E-state index in [0.717, 1.165) is 11.1 Å². The van der Waals surface area contributed by atoms with Gasteiger partial charge in [0, 0.05) is 23.3 Å². The zero-order chi connectivity index (χ0) is 20.5. The Kier molecular flexibility index (Phi) is 5.71. The van der Waals surface area contributed by atoms with Crippen molar-refractivity contribution in [3.05, 3.63) is 70.5 Å². The van der Waals surface area contributed by atoms with Crippen LogP contribution in [0.1, 0.15) is 35.8 Å². The number of amides is 1. The van der Waals surface area contributed by atoms with Gasteiger partial charge < -0.3 is 4.57 Å². The standard InChI is InChI=1S/C20H20BrN3O3S/c1-13(2)14-7-6-8-15(11-14)19-22-17(12-24(19)3)20(25)23-28(26,27)18-10-5-4-9-16(18)21/h4-13H,1-3H3,(H,23,25).